The van der Waals surface area contributed by atoms with Gasteiger partial charge in [0.15, 0.2) is 0 Å². The van der Waals surface area contributed by atoms with Crippen molar-refractivity contribution in [2.24, 2.45) is 11.5 Å². The normalized spacial score (nSPS) is 14.7. The predicted octanol–water partition coefficient (Wildman–Crippen LogP) is 1.39. The molecule has 0 saturated carbocycles. The highest BCUT2D eigenvalue weighted by atomic mass is 16.5. The maximum absolute atomic E-state index is 12.4. The van der Waals surface area contributed by atoms with Crippen LogP contribution in [0, 0.1) is 0 Å². The van der Waals surface area contributed by atoms with E-state index < -0.39 is 29.8 Å². The number of carbonyl (C=O) groups excluding carboxylic acids is 2. The number of esters is 1. The molecule has 1 aliphatic rings. The van der Waals surface area contributed by atoms with Gasteiger partial charge in [-0.2, -0.15) is 0 Å². The van der Waals surface area contributed by atoms with Gasteiger partial charge in [-0.3, -0.25) is 4.79 Å². The molecule has 1 amide bonds. The number of carboxylic acid groups (broad SMARTS) is 1. The van der Waals surface area contributed by atoms with Crippen molar-refractivity contribution in [3.63, 3.8) is 0 Å². The van der Waals surface area contributed by atoms with E-state index in [4.69, 9.17) is 16.2 Å². The second-order valence-corrected chi connectivity index (χ2v) is 6.57. The van der Waals surface area contributed by atoms with Gasteiger partial charge in [0, 0.05) is 12.3 Å². The maximum atomic E-state index is 12.4. The van der Waals surface area contributed by atoms with Crippen molar-refractivity contribution in [1.82, 2.24) is 0 Å². The number of hydrogen-bond acceptors (Lipinski definition) is 5. The minimum Gasteiger partial charge on any atom is -0.479 e. The summed E-state index contributed by atoms with van der Waals surface area (Å²) in [6.45, 7) is -0.0460. The van der Waals surface area contributed by atoms with Crippen LogP contribution in [0.1, 0.15) is 29.9 Å². The Balaban J connectivity index is 1.81. The van der Waals surface area contributed by atoms with Crippen LogP contribution >= 0.6 is 0 Å². The summed E-state index contributed by atoms with van der Waals surface area (Å²) in [6.07, 6.45) is -0.749. The molecule has 0 saturated heterocycles. The minimum absolute atomic E-state index is 0.0460. The topological polar surface area (TPSA) is 133 Å². The molecule has 0 fully saturated rings. The fourth-order valence-corrected chi connectivity index (χ4v) is 3.34. The lowest BCUT2D eigenvalue weighted by molar-refractivity contribution is -0.161. The van der Waals surface area contributed by atoms with E-state index in [0.29, 0.717) is 0 Å². The van der Waals surface area contributed by atoms with Gasteiger partial charge in [0.05, 0.1) is 0 Å². The summed E-state index contributed by atoms with van der Waals surface area (Å²) in [6, 6.07) is 15.6. The lowest BCUT2D eigenvalue weighted by Crippen LogP contribution is -2.56. The van der Waals surface area contributed by atoms with E-state index in [2.05, 4.69) is 0 Å². The summed E-state index contributed by atoms with van der Waals surface area (Å²) in [5.41, 5.74) is 12.6. The fraction of sp³-hybridized carbons (Fsp3) is 0.250. The van der Waals surface area contributed by atoms with Gasteiger partial charge in [-0.1, -0.05) is 48.5 Å². The summed E-state index contributed by atoms with van der Waals surface area (Å²) in [4.78, 5) is 34.9. The van der Waals surface area contributed by atoms with E-state index in [9.17, 15) is 19.5 Å². The van der Waals surface area contributed by atoms with Crippen molar-refractivity contribution in [2.75, 3.05) is 6.61 Å². The van der Waals surface area contributed by atoms with Crippen LogP contribution in [0.3, 0.4) is 0 Å². The van der Waals surface area contributed by atoms with Crippen molar-refractivity contribution in [3.8, 4) is 11.1 Å². The number of carboxylic acids is 1. The Bertz CT molecular complexity index is 865. The van der Waals surface area contributed by atoms with E-state index in [1.54, 1.807) is 0 Å². The highest BCUT2D eigenvalue weighted by Gasteiger charge is 2.44. The molecule has 7 heteroatoms. The Morgan fingerprint density at radius 3 is 2.00 bits per heavy atom. The van der Waals surface area contributed by atoms with Crippen LogP contribution in [0.4, 0.5) is 0 Å². The molecule has 0 aromatic heterocycles. The number of benzene rings is 2. The molecular weight excluding hydrogens is 348 g/mol. The fourth-order valence-electron chi connectivity index (χ4n) is 3.34. The van der Waals surface area contributed by atoms with Gasteiger partial charge in [0.25, 0.3) is 0 Å². The summed E-state index contributed by atoms with van der Waals surface area (Å²) in [5, 5.41) is 9.35. The van der Waals surface area contributed by atoms with Gasteiger partial charge in [-0.05, 0) is 28.7 Å². The van der Waals surface area contributed by atoms with Crippen molar-refractivity contribution < 1.29 is 24.2 Å². The first-order valence-electron chi connectivity index (χ1n) is 8.50. The van der Waals surface area contributed by atoms with Crippen molar-refractivity contribution >= 4 is 17.8 Å². The Kier molecular flexibility index (Phi) is 4.96. The average Bonchev–Trinajstić information content (AvgIpc) is 2.98. The number of aliphatic carboxylic acids is 1. The predicted molar refractivity (Wildman–Crippen MR) is 97.7 cm³/mol. The molecule has 27 heavy (non-hydrogen) atoms. The largest absolute Gasteiger partial charge is 0.479 e. The van der Waals surface area contributed by atoms with Crippen LogP contribution in [0.15, 0.2) is 48.5 Å². The van der Waals surface area contributed by atoms with Gasteiger partial charge in [-0.25, -0.2) is 9.59 Å². The van der Waals surface area contributed by atoms with Gasteiger partial charge in [0.2, 0.25) is 11.4 Å². The molecule has 2 aromatic rings. The van der Waals surface area contributed by atoms with Gasteiger partial charge in [0.1, 0.15) is 6.61 Å². The van der Waals surface area contributed by atoms with Crippen LogP contribution in [0.2, 0.25) is 0 Å². The van der Waals surface area contributed by atoms with Gasteiger partial charge >= 0.3 is 11.9 Å². The molecule has 5 N–H and O–H groups in total. The molecule has 1 atom stereocenters. The average molecular weight is 368 g/mol. The Morgan fingerprint density at radius 1 is 1.00 bits per heavy atom. The molecule has 0 radical (unpaired) electrons. The number of rotatable bonds is 7. The zero-order valence-electron chi connectivity index (χ0n) is 14.6. The van der Waals surface area contributed by atoms with E-state index in [1.807, 2.05) is 48.5 Å². The van der Waals surface area contributed by atoms with Crippen LogP contribution in [0.25, 0.3) is 11.1 Å². The zero-order valence-corrected chi connectivity index (χ0v) is 14.6. The number of hydrogen-bond donors (Lipinski definition) is 3. The SMILES string of the molecule is NC(=O)CC[C@](N)(C(=O)O)C(=O)OCC1c2ccccc2-c2ccccc21. The van der Waals surface area contributed by atoms with E-state index in [-0.39, 0.29) is 18.9 Å². The number of nitrogens with two attached hydrogens (primary N) is 2. The lowest BCUT2D eigenvalue weighted by atomic mass is 9.94. The molecule has 0 heterocycles. The first kappa shape index (κ1) is 18.6. The number of ether oxygens (including phenoxy) is 1. The van der Waals surface area contributed by atoms with Crippen LogP contribution in [-0.2, 0) is 19.1 Å². The third-order valence-corrected chi connectivity index (χ3v) is 4.86. The first-order chi connectivity index (χ1) is 12.8. The summed E-state index contributed by atoms with van der Waals surface area (Å²) < 4.78 is 5.30. The molecule has 7 nitrogen and oxygen atoms in total. The zero-order chi connectivity index (χ0) is 19.6. The molecule has 0 unspecified atom stereocenters. The van der Waals surface area contributed by atoms with E-state index in [0.717, 1.165) is 22.3 Å². The highest BCUT2D eigenvalue weighted by molar-refractivity contribution is 6.04. The number of fused-ring (bicyclic) bond motifs is 3. The van der Waals surface area contributed by atoms with Crippen LogP contribution < -0.4 is 11.5 Å². The standard InChI is InChI=1S/C20H20N2O5/c21-17(23)9-10-20(22,18(24)25)19(26)27-11-16-14-7-3-1-5-12(14)13-6-2-4-8-15(13)16/h1-8,16H,9-11,22H2,(H2,21,23)(H,24,25)/t20-/m0/s1. The maximum Gasteiger partial charge on any atom is 0.337 e. The molecule has 140 valence electrons. The van der Waals surface area contributed by atoms with E-state index >= 15 is 0 Å². The minimum atomic E-state index is -2.31. The number of carbonyl (C=O) groups is 3. The molecule has 0 aliphatic heterocycles. The smallest absolute Gasteiger partial charge is 0.337 e. The summed E-state index contributed by atoms with van der Waals surface area (Å²) in [5.74, 6) is -3.59. The number of amides is 1. The van der Waals surface area contributed by atoms with Crippen molar-refractivity contribution in [2.45, 2.75) is 24.3 Å². The van der Waals surface area contributed by atoms with Crippen LogP contribution in [0.5, 0.6) is 0 Å². The molecular formula is C20H20N2O5. The summed E-state index contributed by atoms with van der Waals surface area (Å²) >= 11 is 0. The Labute approximate surface area is 155 Å². The Morgan fingerprint density at radius 2 is 1.52 bits per heavy atom. The highest BCUT2D eigenvalue weighted by Crippen LogP contribution is 2.44. The Hall–Kier alpha value is -3.19. The molecule has 0 spiro atoms. The third kappa shape index (κ3) is 3.41. The molecule has 2 aromatic carbocycles. The second-order valence-electron chi connectivity index (χ2n) is 6.57. The van der Waals surface area contributed by atoms with Crippen LogP contribution in [-0.4, -0.2) is 35.1 Å². The number of primary amides is 1. The van der Waals surface area contributed by atoms with E-state index in [1.165, 1.54) is 0 Å². The molecule has 1 aliphatic carbocycles. The first-order valence-corrected chi connectivity index (χ1v) is 8.50. The van der Waals surface area contributed by atoms with Crippen molar-refractivity contribution in [3.05, 3.63) is 59.7 Å². The van der Waals surface area contributed by atoms with Gasteiger partial charge < -0.3 is 21.3 Å². The summed E-state index contributed by atoms with van der Waals surface area (Å²) in [7, 11) is 0. The second kappa shape index (κ2) is 7.20. The monoisotopic (exact) mass is 368 g/mol. The van der Waals surface area contributed by atoms with Crippen molar-refractivity contribution in [1.29, 1.82) is 0 Å². The third-order valence-electron chi connectivity index (χ3n) is 4.86. The molecule has 0 bridgehead atoms. The lowest BCUT2D eigenvalue weighted by Gasteiger charge is -2.23. The van der Waals surface area contributed by atoms with Gasteiger partial charge in [-0.15, -0.1) is 0 Å². The quantitative estimate of drug-likeness (QED) is 0.500. The molecule has 3 rings (SSSR count).